The molecule has 2 fully saturated rings. The normalized spacial score (nSPS) is 20.8. The zero-order valence-corrected chi connectivity index (χ0v) is 12.9. The number of nitriles is 1. The molecule has 22 heavy (non-hydrogen) atoms. The van der Waals surface area contributed by atoms with Crippen molar-refractivity contribution in [2.45, 2.75) is 37.5 Å². The molecule has 1 aromatic heterocycles. The van der Waals surface area contributed by atoms with Gasteiger partial charge in [-0.1, -0.05) is 6.07 Å². The average Bonchev–Trinajstić information content (AvgIpc) is 2.54. The van der Waals surface area contributed by atoms with Gasteiger partial charge in [0.2, 0.25) is 0 Å². The summed E-state index contributed by atoms with van der Waals surface area (Å²) >= 11 is 0. The summed E-state index contributed by atoms with van der Waals surface area (Å²) < 4.78 is 4.82. The lowest BCUT2D eigenvalue weighted by atomic mass is 9.67. The molecule has 0 atom stereocenters. The van der Waals surface area contributed by atoms with Crippen molar-refractivity contribution in [3.63, 3.8) is 0 Å². The molecule has 3 rings (SSSR count). The van der Waals surface area contributed by atoms with E-state index in [9.17, 15) is 10.1 Å². The van der Waals surface area contributed by atoms with Crippen LogP contribution in [-0.4, -0.2) is 31.2 Å². The number of piperidine rings is 1. The fourth-order valence-electron chi connectivity index (χ4n) is 3.33. The number of ether oxygens (including phenoxy) is 1. The zero-order valence-electron chi connectivity index (χ0n) is 12.9. The van der Waals surface area contributed by atoms with E-state index in [0.717, 1.165) is 56.7 Å². The summed E-state index contributed by atoms with van der Waals surface area (Å²) in [4.78, 5) is 18.5. The first-order valence-electron chi connectivity index (χ1n) is 7.90. The van der Waals surface area contributed by atoms with Gasteiger partial charge in [-0.15, -0.1) is 0 Å². The van der Waals surface area contributed by atoms with E-state index in [1.165, 1.54) is 7.11 Å². The summed E-state index contributed by atoms with van der Waals surface area (Å²) in [5, 5.41) is 9.46. The zero-order chi connectivity index (χ0) is 15.6. The lowest BCUT2D eigenvalue weighted by molar-refractivity contribution is -0.146. The first-order valence-corrected chi connectivity index (χ1v) is 7.90. The number of pyridine rings is 1. The molecular weight excluding hydrogens is 278 g/mol. The van der Waals surface area contributed by atoms with Crippen molar-refractivity contribution in [2.75, 3.05) is 25.1 Å². The maximum Gasteiger partial charge on any atom is 0.308 e. The lowest BCUT2D eigenvalue weighted by Gasteiger charge is -2.36. The summed E-state index contributed by atoms with van der Waals surface area (Å²) in [6.45, 7) is 1.60. The highest BCUT2D eigenvalue weighted by atomic mass is 16.5. The van der Waals surface area contributed by atoms with E-state index in [2.05, 4.69) is 11.0 Å². The number of carbonyl (C=O) groups excluding carboxylic acids is 1. The van der Waals surface area contributed by atoms with Crippen LogP contribution in [0.4, 0.5) is 5.82 Å². The first-order chi connectivity index (χ1) is 10.7. The molecule has 1 aromatic rings. The van der Waals surface area contributed by atoms with Crippen molar-refractivity contribution < 1.29 is 9.53 Å². The standard InChI is InChI=1S/C17H21N3O2/c1-22-16(21)13-6-10-20(11-7-13)15-5-2-4-14(19-15)17(12-18)8-3-9-17/h2,4-5,13H,3,6-11H2,1H3. The van der Waals surface area contributed by atoms with Gasteiger partial charge >= 0.3 is 5.97 Å². The Hall–Kier alpha value is -2.09. The predicted molar refractivity (Wildman–Crippen MR) is 82.3 cm³/mol. The second-order valence-corrected chi connectivity index (χ2v) is 6.21. The number of esters is 1. The van der Waals surface area contributed by atoms with E-state index in [1.54, 1.807) is 0 Å². The van der Waals surface area contributed by atoms with E-state index < -0.39 is 0 Å². The molecule has 116 valence electrons. The SMILES string of the molecule is COC(=O)C1CCN(c2cccc(C3(C#N)CCC3)n2)CC1. The third-order valence-electron chi connectivity index (χ3n) is 5.00. The van der Waals surface area contributed by atoms with Gasteiger partial charge in [0.15, 0.2) is 0 Å². The smallest absolute Gasteiger partial charge is 0.308 e. The molecule has 0 bridgehead atoms. The number of nitrogens with zero attached hydrogens (tertiary/aromatic N) is 3. The molecule has 2 aliphatic rings. The quantitative estimate of drug-likeness (QED) is 0.802. The molecule has 1 aliphatic carbocycles. The van der Waals surface area contributed by atoms with Crippen LogP contribution in [0.5, 0.6) is 0 Å². The van der Waals surface area contributed by atoms with E-state index in [1.807, 2.05) is 18.2 Å². The van der Waals surface area contributed by atoms with Crippen LogP contribution in [0.2, 0.25) is 0 Å². The Morgan fingerprint density at radius 3 is 2.68 bits per heavy atom. The molecule has 5 nitrogen and oxygen atoms in total. The van der Waals surface area contributed by atoms with Crippen LogP contribution in [0.15, 0.2) is 18.2 Å². The Morgan fingerprint density at radius 1 is 1.41 bits per heavy atom. The molecular formula is C17H21N3O2. The van der Waals surface area contributed by atoms with Crippen LogP contribution in [-0.2, 0) is 14.9 Å². The molecule has 1 saturated heterocycles. The van der Waals surface area contributed by atoms with Gasteiger partial charge in [-0.25, -0.2) is 4.98 Å². The molecule has 1 aliphatic heterocycles. The van der Waals surface area contributed by atoms with Crippen LogP contribution in [0, 0.1) is 17.2 Å². The van der Waals surface area contributed by atoms with Crippen LogP contribution >= 0.6 is 0 Å². The van der Waals surface area contributed by atoms with E-state index >= 15 is 0 Å². The van der Waals surface area contributed by atoms with Gasteiger partial charge in [-0.2, -0.15) is 5.26 Å². The molecule has 0 radical (unpaired) electrons. The van der Waals surface area contributed by atoms with Gasteiger partial charge in [-0.3, -0.25) is 4.79 Å². The highest BCUT2D eigenvalue weighted by Crippen LogP contribution is 2.42. The van der Waals surface area contributed by atoms with E-state index in [-0.39, 0.29) is 17.3 Å². The van der Waals surface area contributed by atoms with Crippen LogP contribution < -0.4 is 4.90 Å². The summed E-state index contributed by atoms with van der Waals surface area (Å²) in [5.41, 5.74) is 0.522. The van der Waals surface area contributed by atoms with Gasteiger partial charge < -0.3 is 9.64 Å². The van der Waals surface area contributed by atoms with Crippen molar-refractivity contribution in [2.24, 2.45) is 5.92 Å². The number of carbonyl (C=O) groups is 1. The van der Waals surface area contributed by atoms with Gasteiger partial charge in [0, 0.05) is 13.1 Å². The van der Waals surface area contributed by atoms with Gasteiger partial charge in [0.1, 0.15) is 5.82 Å². The minimum absolute atomic E-state index is 0.00140. The van der Waals surface area contributed by atoms with Gasteiger partial charge in [0.05, 0.1) is 30.2 Å². The molecule has 5 heteroatoms. The average molecular weight is 299 g/mol. The van der Waals surface area contributed by atoms with Crippen molar-refractivity contribution >= 4 is 11.8 Å². The molecule has 2 heterocycles. The Morgan fingerprint density at radius 2 is 2.14 bits per heavy atom. The van der Waals surface area contributed by atoms with E-state index in [4.69, 9.17) is 9.72 Å². The van der Waals surface area contributed by atoms with Crippen molar-refractivity contribution in [1.82, 2.24) is 4.98 Å². The number of hydrogen-bond donors (Lipinski definition) is 0. The Kier molecular flexibility index (Phi) is 4.02. The maximum atomic E-state index is 11.6. The molecule has 0 unspecified atom stereocenters. The number of hydrogen-bond acceptors (Lipinski definition) is 5. The number of methoxy groups -OCH3 is 1. The molecule has 0 aromatic carbocycles. The second-order valence-electron chi connectivity index (χ2n) is 6.21. The second kappa shape index (κ2) is 5.96. The largest absolute Gasteiger partial charge is 0.469 e. The maximum absolute atomic E-state index is 11.6. The van der Waals surface area contributed by atoms with Crippen LogP contribution in [0.25, 0.3) is 0 Å². The minimum atomic E-state index is -0.375. The summed E-state index contributed by atoms with van der Waals surface area (Å²) in [6, 6.07) is 8.39. The highest BCUT2D eigenvalue weighted by Gasteiger charge is 2.40. The van der Waals surface area contributed by atoms with Gasteiger partial charge in [0.25, 0.3) is 0 Å². The topological polar surface area (TPSA) is 66.2 Å². The van der Waals surface area contributed by atoms with Crippen molar-refractivity contribution in [3.8, 4) is 6.07 Å². The van der Waals surface area contributed by atoms with Crippen molar-refractivity contribution in [1.29, 1.82) is 5.26 Å². The fourth-order valence-corrected chi connectivity index (χ4v) is 3.33. The number of aromatic nitrogens is 1. The lowest BCUT2D eigenvalue weighted by Crippen LogP contribution is -2.38. The molecule has 0 spiro atoms. The van der Waals surface area contributed by atoms with E-state index in [0.29, 0.717) is 0 Å². The Bertz CT molecular complexity index is 596. The summed E-state index contributed by atoms with van der Waals surface area (Å²) in [5.74, 6) is 0.808. The monoisotopic (exact) mass is 299 g/mol. The Balaban J connectivity index is 1.72. The highest BCUT2D eigenvalue weighted by molar-refractivity contribution is 5.72. The number of rotatable bonds is 3. The number of anilines is 1. The summed E-state index contributed by atoms with van der Waals surface area (Å²) in [7, 11) is 1.44. The first kappa shape index (κ1) is 14.8. The summed E-state index contributed by atoms with van der Waals surface area (Å²) in [6.07, 6.45) is 4.50. The third kappa shape index (κ3) is 2.54. The van der Waals surface area contributed by atoms with Crippen LogP contribution in [0.3, 0.4) is 0 Å². The van der Waals surface area contributed by atoms with Gasteiger partial charge in [-0.05, 0) is 44.2 Å². The van der Waals surface area contributed by atoms with Crippen LogP contribution in [0.1, 0.15) is 37.8 Å². The van der Waals surface area contributed by atoms with Crippen molar-refractivity contribution in [3.05, 3.63) is 23.9 Å². The molecule has 0 N–H and O–H groups in total. The molecule has 1 saturated carbocycles. The third-order valence-corrected chi connectivity index (χ3v) is 5.00. The predicted octanol–water partition coefficient (Wildman–Crippen LogP) is 2.42. The molecule has 0 amide bonds. The minimum Gasteiger partial charge on any atom is -0.469 e. The fraction of sp³-hybridized carbons (Fsp3) is 0.588. The Labute approximate surface area is 130 Å².